The van der Waals surface area contributed by atoms with Crippen LogP contribution in [0.4, 0.5) is 0 Å². The molecule has 0 aromatic carbocycles. The Labute approximate surface area is 103 Å². The molecule has 0 aromatic rings. The zero-order valence-corrected chi connectivity index (χ0v) is 10.8. The van der Waals surface area contributed by atoms with E-state index in [-0.39, 0.29) is 0 Å². The van der Waals surface area contributed by atoms with Gasteiger partial charge < -0.3 is 9.84 Å². The lowest BCUT2D eigenvalue weighted by atomic mass is 9.79. The second-order valence-corrected chi connectivity index (χ2v) is 5.76. The highest BCUT2D eigenvalue weighted by Gasteiger charge is 2.33. The molecule has 1 aliphatic heterocycles. The van der Waals surface area contributed by atoms with E-state index in [2.05, 4.69) is 18.7 Å². The fourth-order valence-electron chi connectivity index (χ4n) is 3.35. The molecule has 0 spiro atoms. The maximum Gasteiger partial charge on any atom is 0.334 e. The molecular formula is C13H23NO3. The molecule has 3 atom stereocenters. The maximum atomic E-state index is 11.0. The van der Waals surface area contributed by atoms with E-state index >= 15 is 0 Å². The molecule has 1 heterocycles. The summed E-state index contributed by atoms with van der Waals surface area (Å²) in [6.45, 7) is 6.60. The van der Waals surface area contributed by atoms with Gasteiger partial charge in [-0.15, -0.1) is 0 Å². The summed E-state index contributed by atoms with van der Waals surface area (Å²) >= 11 is 0. The highest BCUT2D eigenvalue weighted by atomic mass is 16.5. The van der Waals surface area contributed by atoms with Crippen molar-refractivity contribution in [2.45, 2.75) is 45.3 Å². The second-order valence-electron chi connectivity index (χ2n) is 5.76. The molecule has 1 saturated carbocycles. The first-order valence-corrected chi connectivity index (χ1v) is 6.64. The number of rotatable bonds is 2. The maximum absolute atomic E-state index is 11.0. The number of carboxylic acids is 1. The van der Waals surface area contributed by atoms with Crippen molar-refractivity contribution < 1.29 is 14.6 Å². The molecule has 1 saturated heterocycles. The second kappa shape index (κ2) is 5.36. The highest BCUT2D eigenvalue weighted by Crippen LogP contribution is 2.32. The van der Waals surface area contributed by atoms with Crippen LogP contribution in [0.15, 0.2) is 0 Å². The van der Waals surface area contributed by atoms with E-state index < -0.39 is 12.1 Å². The molecule has 4 heteroatoms. The average Bonchev–Trinajstić information content (AvgIpc) is 2.28. The Bertz CT molecular complexity index is 272. The van der Waals surface area contributed by atoms with E-state index in [0.29, 0.717) is 19.2 Å². The molecule has 98 valence electrons. The molecule has 3 unspecified atom stereocenters. The van der Waals surface area contributed by atoms with Gasteiger partial charge in [0.1, 0.15) is 0 Å². The van der Waals surface area contributed by atoms with Crippen molar-refractivity contribution >= 4 is 5.97 Å². The Balaban J connectivity index is 1.94. The van der Waals surface area contributed by atoms with Crippen LogP contribution in [0.1, 0.15) is 33.1 Å². The van der Waals surface area contributed by atoms with Gasteiger partial charge in [0.05, 0.1) is 6.61 Å². The predicted molar refractivity (Wildman–Crippen MR) is 64.9 cm³/mol. The van der Waals surface area contributed by atoms with E-state index in [1.54, 1.807) is 0 Å². The Morgan fingerprint density at radius 3 is 2.47 bits per heavy atom. The van der Waals surface area contributed by atoms with Gasteiger partial charge in [0.2, 0.25) is 0 Å². The lowest BCUT2D eigenvalue weighted by Gasteiger charge is -2.42. The first-order chi connectivity index (χ1) is 8.06. The summed E-state index contributed by atoms with van der Waals surface area (Å²) in [5.41, 5.74) is 0. The summed E-state index contributed by atoms with van der Waals surface area (Å²) in [7, 11) is 0. The zero-order valence-electron chi connectivity index (χ0n) is 10.8. The minimum Gasteiger partial charge on any atom is -0.479 e. The third kappa shape index (κ3) is 3.19. The third-order valence-corrected chi connectivity index (χ3v) is 4.04. The molecule has 0 bridgehead atoms. The van der Waals surface area contributed by atoms with E-state index in [0.717, 1.165) is 18.4 Å². The smallest absolute Gasteiger partial charge is 0.334 e. The van der Waals surface area contributed by atoms with Crippen LogP contribution in [0.2, 0.25) is 0 Å². The van der Waals surface area contributed by atoms with Gasteiger partial charge in [0, 0.05) is 19.1 Å². The number of ether oxygens (including phenoxy) is 1. The molecule has 1 N–H and O–H groups in total. The Morgan fingerprint density at radius 2 is 1.88 bits per heavy atom. The quantitative estimate of drug-likeness (QED) is 0.797. The van der Waals surface area contributed by atoms with Gasteiger partial charge in [-0.25, -0.2) is 4.79 Å². The summed E-state index contributed by atoms with van der Waals surface area (Å²) in [5, 5.41) is 9.01. The largest absolute Gasteiger partial charge is 0.479 e. The number of nitrogens with zero attached hydrogens (tertiary/aromatic N) is 1. The van der Waals surface area contributed by atoms with Gasteiger partial charge in [0.25, 0.3) is 0 Å². The van der Waals surface area contributed by atoms with Gasteiger partial charge in [-0.3, -0.25) is 4.90 Å². The van der Waals surface area contributed by atoms with Gasteiger partial charge in [-0.2, -0.15) is 0 Å². The van der Waals surface area contributed by atoms with Crippen molar-refractivity contribution in [2.24, 2.45) is 11.8 Å². The number of aliphatic carboxylic acids is 1. The molecule has 0 aromatic heterocycles. The van der Waals surface area contributed by atoms with Crippen molar-refractivity contribution in [1.82, 2.24) is 4.90 Å². The fraction of sp³-hybridized carbons (Fsp3) is 0.923. The Morgan fingerprint density at radius 1 is 1.24 bits per heavy atom. The van der Waals surface area contributed by atoms with Crippen LogP contribution in [0.3, 0.4) is 0 Å². The molecule has 0 radical (unpaired) electrons. The highest BCUT2D eigenvalue weighted by molar-refractivity contribution is 5.72. The van der Waals surface area contributed by atoms with Crippen molar-refractivity contribution in [1.29, 1.82) is 0 Å². The van der Waals surface area contributed by atoms with Crippen molar-refractivity contribution in [2.75, 3.05) is 19.7 Å². The van der Waals surface area contributed by atoms with Crippen molar-refractivity contribution in [3.63, 3.8) is 0 Å². The van der Waals surface area contributed by atoms with Gasteiger partial charge in [-0.05, 0) is 31.1 Å². The molecular weight excluding hydrogens is 218 g/mol. The third-order valence-electron chi connectivity index (χ3n) is 4.04. The Hall–Kier alpha value is -0.610. The van der Waals surface area contributed by atoms with Crippen LogP contribution in [0, 0.1) is 11.8 Å². The predicted octanol–water partition coefficient (Wildman–Crippen LogP) is 1.60. The van der Waals surface area contributed by atoms with Crippen molar-refractivity contribution in [3.8, 4) is 0 Å². The summed E-state index contributed by atoms with van der Waals surface area (Å²) in [6.07, 6.45) is 3.09. The zero-order chi connectivity index (χ0) is 12.4. The first kappa shape index (κ1) is 12.8. The van der Waals surface area contributed by atoms with Crippen molar-refractivity contribution in [3.05, 3.63) is 0 Å². The Kier molecular flexibility index (Phi) is 4.05. The van der Waals surface area contributed by atoms with E-state index in [4.69, 9.17) is 9.84 Å². The minimum atomic E-state index is -0.827. The van der Waals surface area contributed by atoms with Gasteiger partial charge >= 0.3 is 5.97 Å². The van der Waals surface area contributed by atoms with E-state index in [1.165, 1.54) is 19.3 Å². The van der Waals surface area contributed by atoms with Crippen LogP contribution in [-0.2, 0) is 9.53 Å². The summed E-state index contributed by atoms with van der Waals surface area (Å²) in [6, 6.07) is 0.555. The SMILES string of the molecule is CC1CC(C)CC(N2CCOC(C(=O)O)C2)C1. The lowest BCUT2D eigenvalue weighted by Crippen LogP contribution is -2.51. The molecule has 2 fully saturated rings. The fourth-order valence-corrected chi connectivity index (χ4v) is 3.35. The normalized spacial score (nSPS) is 40.1. The topological polar surface area (TPSA) is 49.8 Å². The molecule has 2 rings (SSSR count). The van der Waals surface area contributed by atoms with Crippen LogP contribution in [-0.4, -0.2) is 47.8 Å². The molecule has 2 aliphatic rings. The monoisotopic (exact) mass is 241 g/mol. The molecule has 17 heavy (non-hydrogen) atoms. The first-order valence-electron chi connectivity index (χ1n) is 6.64. The molecule has 1 aliphatic carbocycles. The van der Waals surface area contributed by atoms with Gasteiger partial charge in [-0.1, -0.05) is 13.8 Å². The van der Waals surface area contributed by atoms with Crippen LogP contribution in [0.25, 0.3) is 0 Å². The number of hydrogen-bond donors (Lipinski definition) is 1. The van der Waals surface area contributed by atoms with Gasteiger partial charge in [0.15, 0.2) is 6.10 Å². The standard InChI is InChI=1S/C13H23NO3/c1-9-5-10(2)7-11(6-9)14-3-4-17-12(8-14)13(15)16/h9-12H,3-8H2,1-2H3,(H,15,16). The molecule has 4 nitrogen and oxygen atoms in total. The number of carbonyl (C=O) groups is 1. The minimum absolute atomic E-state index is 0.552. The van der Waals surface area contributed by atoms with Crippen LogP contribution in [0.5, 0.6) is 0 Å². The van der Waals surface area contributed by atoms with Crippen LogP contribution >= 0.6 is 0 Å². The van der Waals surface area contributed by atoms with E-state index in [9.17, 15) is 4.79 Å². The number of morpholine rings is 1. The summed E-state index contributed by atoms with van der Waals surface area (Å²) in [5.74, 6) is 0.691. The lowest BCUT2D eigenvalue weighted by molar-refractivity contribution is -0.157. The average molecular weight is 241 g/mol. The summed E-state index contributed by atoms with van der Waals surface area (Å²) in [4.78, 5) is 13.3. The van der Waals surface area contributed by atoms with E-state index in [1.807, 2.05) is 0 Å². The number of carboxylic acid groups (broad SMARTS) is 1. The summed E-state index contributed by atoms with van der Waals surface area (Å²) < 4.78 is 5.27. The molecule has 0 amide bonds. The number of hydrogen-bond acceptors (Lipinski definition) is 3. The van der Waals surface area contributed by atoms with Crippen LogP contribution < -0.4 is 0 Å².